The van der Waals surface area contributed by atoms with Crippen molar-refractivity contribution < 1.29 is 23.1 Å². The minimum Gasteiger partial charge on any atom is -0.480 e. The highest BCUT2D eigenvalue weighted by Gasteiger charge is 2.40. The molecule has 0 heterocycles. The molecule has 4 N–H and O–H groups in total. The summed E-state index contributed by atoms with van der Waals surface area (Å²) in [5.41, 5.74) is 6.53. The lowest BCUT2D eigenvalue weighted by atomic mass is 9.96. The van der Waals surface area contributed by atoms with Gasteiger partial charge in [-0.2, -0.15) is 24.9 Å². The van der Waals surface area contributed by atoms with E-state index in [1.807, 2.05) is 30.3 Å². The van der Waals surface area contributed by atoms with Crippen molar-refractivity contribution in [3.05, 3.63) is 60.2 Å². The monoisotopic (exact) mass is 444 g/mol. The Bertz CT molecular complexity index is 759. The summed E-state index contributed by atoms with van der Waals surface area (Å²) >= 11 is 2.63. The van der Waals surface area contributed by atoms with Crippen molar-refractivity contribution in [3.63, 3.8) is 0 Å². The number of thioether (sulfide) groups is 1. The van der Waals surface area contributed by atoms with Crippen LogP contribution in [0.3, 0.4) is 0 Å². The number of rotatable bonds is 11. The summed E-state index contributed by atoms with van der Waals surface area (Å²) in [6.07, 6.45) is -4.17. The van der Waals surface area contributed by atoms with E-state index in [2.05, 4.69) is 4.72 Å². The van der Waals surface area contributed by atoms with Crippen molar-refractivity contribution in [2.45, 2.75) is 35.9 Å². The summed E-state index contributed by atoms with van der Waals surface area (Å²) in [6, 6.07) is 14.9. The number of nitrogens with two attached hydrogens (primary N) is 1. The number of aliphatic carboxylic acids is 1. The second-order valence-corrected chi connectivity index (χ2v) is 8.47. The maximum absolute atomic E-state index is 13.5. The van der Waals surface area contributed by atoms with E-state index < -0.39 is 24.1 Å². The van der Waals surface area contributed by atoms with Gasteiger partial charge >= 0.3 is 12.1 Å². The smallest absolute Gasteiger partial charge is 0.395 e. The van der Waals surface area contributed by atoms with Gasteiger partial charge in [0.2, 0.25) is 0 Å². The predicted molar refractivity (Wildman–Crippen MR) is 113 cm³/mol. The van der Waals surface area contributed by atoms with Gasteiger partial charge in [-0.1, -0.05) is 30.3 Å². The Labute approximate surface area is 176 Å². The largest absolute Gasteiger partial charge is 0.480 e. The molecular formula is C20H23F3N2O2S2. The first-order valence-electron chi connectivity index (χ1n) is 8.98. The average molecular weight is 445 g/mol. The van der Waals surface area contributed by atoms with E-state index >= 15 is 0 Å². The van der Waals surface area contributed by atoms with Crippen LogP contribution in [0.2, 0.25) is 0 Å². The molecule has 0 aromatic heterocycles. The molecule has 2 atom stereocenters. The van der Waals surface area contributed by atoms with Crippen molar-refractivity contribution in [2.75, 3.05) is 16.2 Å². The quantitative estimate of drug-likeness (QED) is 0.319. The molecule has 29 heavy (non-hydrogen) atoms. The molecule has 0 aliphatic carbocycles. The summed E-state index contributed by atoms with van der Waals surface area (Å²) in [5, 5.41) is 8.72. The van der Waals surface area contributed by atoms with Crippen molar-refractivity contribution in [1.29, 1.82) is 0 Å². The van der Waals surface area contributed by atoms with E-state index in [-0.39, 0.29) is 24.2 Å². The molecule has 2 aromatic rings. The van der Waals surface area contributed by atoms with E-state index in [0.29, 0.717) is 5.75 Å². The van der Waals surface area contributed by atoms with E-state index in [9.17, 15) is 18.0 Å². The Hall–Kier alpha value is -1.84. The third-order valence-electron chi connectivity index (χ3n) is 4.18. The molecule has 0 saturated carbocycles. The first-order chi connectivity index (χ1) is 13.8. The number of alkyl halides is 3. The Morgan fingerprint density at radius 3 is 2.24 bits per heavy atom. The molecule has 0 spiro atoms. The van der Waals surface area contributed by atoms with Crippen LogP contribution in [-0.4, -0.2) is 34.8 Å². The second-order valence-electron chi connectivity index (χ2n) is 6.37. The van der Waals surface area contributed by atoms with Crippen LogP contribution in [0.1, 0.15) is 24.3 Å². The molecule has 0 bridgehead atoms. The number of hydrogen-bond donors (Lipinski definition) is 3. The molecule has 0 fully saturated rings. The van der Waals surface area contributed by atoms with E-state index in [1.54, 1.807) is 12.1 Å². The molecule has 2 unspecified atom stereocenters. The van der Waals surface area contributed by atoms with Gasteiger partial charge < -0.3 is 15.6 Å². The van der Waals surface area contributed by atoms with Crippen LogP contribution in [0.15, 0.2) is 59.5 Å². The number of para-hydroxylation sites is 1. The van der Waals surface area contributed by atoms with Crippen molar-refractivity contribution in [1.82, 2.24) is 0 Å². The standard InChI is InChI=1S/C20H23F3N2O2S2/c21-20(22,23)17(10-12-28-13-11-18(24)19(26)27)14-6-8-16(9-7-14)29-25-15-4-2-1-3-5-15/h1-9,17-18,25H,10-13,24H2,(H,26,27). The number of halogens is 3. The summed E-state index contributed by atoms with van der Waals surface area (Å²) in [6.45, 7) is 0. The minimum atomic E-state index is -4.34. The number of anilines is 1. The van der Waals surface area contributed by atoms with Crippen molar-refractivity contribution in [3.8, 4) is 0 Å². The van der Waals surface area contributed by atoms with Crippen LogP contribution in [0.4, 0.5) is 18.9 Å². The van der Waals surface area contributed by atoms with Crippen LogP contribution >= 0.6 is 23.7 Å². The number of carboxylic acid groups (broad SMARTS) is 1. The fourth-order valence-corrected chi connectivity index (χ4v) is 4.22. The molecule has 9 heteroatoms. The van der Waals surface area contributed by atoms with Crippen LogP contribution in [-0.2, 0) is 4.79 Å². The maximum Gasteiger partial charge on any atom is 0.395 e. The molecule has 0 aliphatic heterocycles. The minimum absolute atomic E-state index is 0.0643. The Morgan fingerprint density at radius 2 is 1.66 bits per heavy atom. The Kier molecular flexibility index (Phi) is 9.19. The third-order valence-corrected chi connectivity index (χ3v) is 6.07. The van der Waals surface area contributed by atoms with Crippen molar-refractivity contribution in [2.24, 2.45) is 5.73 Å². The van der Waals surface area contributed by atoms with Gasteiger partial charge in [-0.3, -0.25) is 4.79 Å². The van der Waals surface area contributed by atoms with Crippen LogP contribution < -0.4 is 10.5 Å². The maximum atomic E-state index is 13.5. The average Bonchev–Trinajstić information content (AvgIpc) is 2.69. The zero-order chi connectivity index (χ0) is 21.3. The van der Waals surface area contributed by atoms with Gasteiger partial charge in [0.15, 0.2) is 0 Å². The van der Waals surface area contributed by atoms with Gasteiger partial charge in [0, 0.05) is 10.6 Å². The summed E-state index contributed by atoms with van der Waals surface area (Å²) in [7, 11) is 0. The molecule has 0 aliphatic rings. The predicted octanol–water partition coefficient (Wildman–Crippen LogP) is 5.38. The molecule has 2 rings (SSSR count). The molecule has 0 radical (unpaired) electrons. The van der Waals surface area contributed by atoms with Gasteiger partial charge in [-0.05, 0) is 66.1 Å². The second kappa shape index (κ2) is 11.4. The Balaban J connectivity index is 1.88. The van der Waals surface area contributed by atoms with Gasteiger partial charge in [0.05, 0.1) is 5.92 Å². The van der Waals surface area contributed by atoms with Crippen LogP contribution in [0, 0.1) is 0 Å². The lowest BCUT2D eigenvalue weighted by Crippen LogP contribution is -2.30. The summed E-state index contributed by atoms with van der Waals surface area (Å²) in [4.78, 5) is 11.5. The number of hydrogen-bond acceptors (Lipinski definition) is 5. The SMILES string of the molecule is NC(CCSCCC(c1ccc(SNc2ccccc2)cc1)C(F)(F)F)C(=O)O. The van der Waals surface area contributed by atoms with Gasteiger partial charge in [0.1, 0.15) is 6.04 Å². The van der Waals surface area contributed by atoms with Crippen LogP contribution in [0.5, 0.6) is 0 Å². The molecule has 0 amide bonds. The third kappa shape index (κ3) is 8.20. The van der Waals surface area contributed by atoms with E-state index in [1.165, 1.54) is 35.8 Å². The molecule has 0 saturated heterocycles. The fourth-order valence-electron chi connectivity index (χ4n) is 2.55. The molecule has 4 nitrogen and oxygen atoms in total. The molecule has 2 aromatic carbocycles. The first-order valence-corrected chi connectivity index (χ1v) is 10.9. The highest BCUT2D eigenvalue weighted by Crippen LogP contribution is 2.38. The number of benzene rings is 2. The Morgan fingerprint density at radius 1 is 1.03 bits per heavy atom. The summed E-state index contributed by atoms with van der Waals surface area (Å²) < 4.78 is 43.6. The molecular weight excluding hydrogens is 421 g/mol. The van der Waals surface area contributed by atoms with Gasteiger partial charge in [0.25, 0.3) is 0 Å². The first kappa shape index (κ1) is 23.4. The number of carboxylic acids is 1. The number of nitrogens with one attached hydrogen (secondary N) is 1. The summed E-state index contributed by atoms with van der Waals surface area (Å²) in [5.74, 6) is -1.95. The number of carbonyl (C=O) groups is 1. The lowest BCUT2D eigenvalue weighted by molar-refractivity contribution is -0.150. The normalized spacial score (nSPS) is 13.7. The fraction of sp³-hybridized carbons (Fsp3) is 0.350. The van der Waals surface area contributed by atoms with Crippen molar-refractivity contribution >= 4 is 35.4 Å². The van der Waals surface area contributed by atoms with Crippen LogP contribution in [0.25, 0.3) is 0 Å². The topological polar surface area (TPSA) is 75.3 Å². The van der Waals surface area contributed by atoms with Gasteiger partial charge in [-0.25, -0.2) is 0 Å². The zero-order valence-electron chi connectivity index (χ0n) is 15.6. The van der Waals surface area contributed by atoms with E-state index in [4.69, 9.17) is 10.8 Å². The zero-order valence-corrected chi connectivity index (χ0v) is 17.2. The van der Waals surface area contributed by atoms with E-state index in [0.717, 1.165) is 10.6 Å². The van der Waals surface area contributed by atoms with Gasteiger partial charge in [-0.15, -0.1) is 0 Å². The molecule has 158 valence electrons. The lowest BCUT2D eigenvalue weighted by Gasteiger charge is -2.21. The highest BCUT2D eigenvalue weighted by molar-refractivity contribution is 8.00. The highest BCUT2D eigenvalue weighted by atomic mass is 32.2.